The van der Waals surface area contributed by atoms with E-state index in [4.69, 9.17) is 11.6 Å². The maximum Gasteiger partial charge on any atom is 0.253 e. The number of aromatic nitrogens is 4. The molecule has 0 unspecified atom stereocenters. The molecule has 0 N–H and O–H groups in total. The van der Waals surface area contributed by atoms with Crippen LogP contribution in [0.25, 0.3) is 0 Å². The monoisotopic (exact) mass is 449 g/mol. The van der Waals surface area contributed by atoms with Gasteiger partial charge in [0.1, 0.15) is 0 Å². The molecule has 27 heavy (non-hydrogen) atoms. The van der Waals surface area contributed by atoms with Crippen LogP contribution in [0.4, 0.5) is 0 Å². The average Bonchev–Trinajstić information content (AvgIpc) is 3.09. The van der Waals surface area contributed by atoms with Gasteiger partial charge in [-0.1, -0.05) is 23.7 Å². The Morgan fingerprint density at radius 1 is 1.33 bits per heavy atom. The fraction of sp³-hybridized carbons (Fsp3) is 0.316. The topological polar surface area (TPSA) is 56.0 Å². The molecule has 0 aliphatic rings. The maximum atomic E-state index is 12.9. The Labute approximate surface area is 171 Å². The van der Waals surface area contributed by atoms with Crippen molar-refractivity contribution < 1.29 is 4.79 Å². The lowest BCUT2D eigenvalue weighted by atomic mass is 10.1. The fourth-order valence-corrected chi connectivity index (χ4v) is 3.54. The first-order chi connectivity index (χ1) is 12.8. The second-order valence-corrected chi connectivity index (χ2v) is 7.80. The predicted octanol–water partition coefficient (Wildman–Crippen LogP) is 3.97. The molecule has 8 heteroatoms. The summed E-state index contributed by atoms with van der Waals surface area (Å²) in [7, 11) is 3.65. The first-order valence-electron chi connectivity index (χ1n) is 8.48. The Bertz CT molecular complexity index is 975. The summed E-state index contributed by atoms with van der Waals surface area (Å²) in [5, 5.41) is 9.33. The molecule has 1 aromatic carbocycles. The van der Waals surface area contributed by atoms with Crippen molar-refractivity contribution in [1.29, 1.82) is 0 Å². The summed E-state index contributed by atoms with van der Waals surface area (Å²) in [5.41, 5.74) is 4.31. The molecular weight excluding hydrogens is 430 g/mol. The van der Waals surface area contributed by atoms with Gasteiger partial charge in [0, 0.05) is 19.7 Å². The number of rotatable bonds is 5. The molecule has 0 atom stereocenters. The lowest BCUT2D eigenvalue weighted by molar-refractivity contribution is 0.0781. The number of carbonyl (C=O) groups excluding carboxylic acids is 1. The van der Waals surface area contributed by atoms with Gasteiger partial charge in [0.05, 0.1) is 45.9 Å². The van der Waals surface area contributed by atoms with Gasteiger partial charge in [-0.15, -0.1) is 0 Å². The summed E-state index contributed by atoms with van der Waals surface area (Å²) in [5.74, 6) is -0.0450. The number of halogens is 2. The van der Waals surface area contributed by atoms with Gasteiger partial charge in [-0.3, -0.25) is 14.2 Å². The normalized spacial score (nSPS) is 11.0. The van der Waals surface area contributed by atoms with E-state index in [-0.39, 0.29) is 5.91 Å². The third-order valence-electron chi connectivity index (χ3n) is 4.54. The van der Waals surface area contributed by atoms with Crippen molar-refractivity contribution in [3.05, 3.63) is 68.2 Å². The number of benzene rings is 1. The third-order valence-corrected chi connectivity index (χ3v) is 5.75. The smallest absolute Gasteiger partial charge is 0.253 e. The second-order valence-electron chi connectivity index (χ2n) is 6.57. The SMILES string of the molecule is Cc1nn(Cc2cccc(C(=O)N(C)Cc3c(Br)cnn3C)c2)c(C)c1Cl. The quantitative estimate of drug-likeness (QED) is 0.591. The highest BCUT2D eigenvalue weighted by molar-refractivity contribution is 9.10. The van der Waals surface area contributed by atoms with E-state index < -0.39 is 0 Å². The highest BCUT2D eigenvalue weighted by atomic mass is 79.9. The van der Waals surface area contributed by atoms with Crippen LogP contribution in [0.1, 0.15) is 33.0 Å². The molecular formula is C19H21BrClN5O. The van der Waals surface area contributed by atoms with Gasteiger partial charge in [0.2, 0.25) is 0 Å². The van der Waals surface area contributed by atoms with Gasteiger partial charge in [-0.2, -0.15) is 10.2 Å². The standard InChI is InChI=1S/C19H21BrClN5O/c1-12-18(21)13(2)26(23-12)10-14-6-5-7-15(8-14)19(27)24(3)11-17-16(20)9-22-25(17)4/h5-9H,10-11H2,1-4H3. The van der Waals surface area contributed by atoms with E-state index in [1.165, 1.54) is 0 Å². The summed E-state index contributed by atoms with van der Waals surface area (Å²) in [6, 6.07) is 7.61. The minimum atomic E-state index is -0.0450. The van der Waals surface area contributed by atoms with Crippen molar-refractivity contribution in [3.63, 3.8) is 0 Å². The van der Waals surface area contributed by atoms with Crippen LogP contribution in [0.2, 0.25) is 5.02 Å². The number of amides is 1. The van der Waals surface area contributed by atoms with Gasteiger partial charge >= 0.3 is 0 Å². The molecule has 0 saturated heterocycles. The van der Waals surface area contributed by atoms with Crippen LogP contribution in [0.3, 0.4) is 0 Å². The van der Waals surface area contributed by atoms with Crippen LogP contribution in [-0.4, -0.2) is 37.4 Å². The zero-order valence-electron chi connectivity index (χ0n) is 15.7. The van der Waals surface area contributed by atoms with Gasteiger partial charge in [-0.25, -0.2) is 0 Å². The van der Waals surface area contributed by atoms with Crippen molar-refractivity contribution in [2.45, 2.75) is 26.9 Å². The number of hydrogen-bond donors (Lipinski definition) is 0. The molecule has 2 aromatic heterocycles. The minimum Gasteiger partial charge on any atom is -0.336 e. The van der Waals surface area contributed by atoms with Gasteiger partial charge in [-0.05, 0) is 47.5 Å². The van der Waals surface area contributed by atoms with Crippen molar-refractivity contribution in [2.75, 3.05) is 7.05 Å². The number of hydrogen-bond acceptors (Lipinski definition) is 3. The van der Waals surface area contributed by atoms with E-state index in [0.29, 0.717) is 23.7 Å². The summed E-state index contributed by atoms with van der Waals surface area (Å²) >= 11 is 9.70. The molecule has 0 spiro atoms. The number of aryl methyl sites for hydroxylation is 2. The molecule has 2 heterocycles. The summed E-state index contributed by atoms with van der Waals surface area (Å²) < 4.78 is 4.51. The molecule has 142 valence electrons. The van der Waals surface area contributed by atoms with Crippen LogP contribution in [0, 0.1) is 13.8 Å². The minimum absolute atomic E-state index is 0.0450. The molecule has 0 saturated carbocycles. The Morgan fingerprint density at radius 2 is 2.07 bits per heavy atom. The molecule has 0 radical (unpaired) electrons. The van der Waals surface area contributed by atoms with E-state index >= 15 is 0 Å². The molecule has 3 rings (SSSR count). The van der Waals surface area contributed by atoms with Gasteiger partial charge < -0.3 is 4.90 Å². The van der Waals surface area contributed by atoms with Gasteiger partial charge in [0.15, 0.2) is 0 Å². The van der Waals surface area contributed by atoms with Crippen LogP contribution in [-0.2, 0) is 20.1 Å². The van der Waals surface area contributed by atoms with Crippen molar-refractivity contribution in [3.8, 4) is 0 Å². The molecule has 1 amide bonds. The molecule has 0 bridgehead atoms. The maximum absolute atomic E-state index is 12.9. The lowest BCUT2D eigenvalue weighted by Crippen LogP contribution is -2.27. The average molecular weight is 451 g/mol. The Hall–Kier alpha value is -2.12. The fourth-order valence-electron chi connectivity index (χ4n) is 2.94. The third kappa shape index (κ3) is 4.09. The summed E-state index contributed by atoms with van der Waals surface area (Å²) in [4.78, 5) is 14.5. The highest BCUT2D eigenvalue weighted by Gasteiger charge is 2.16. The lowest BCUT2D eigenvalue weighted by Gasteiger charge is -2.18. The molecule has 0 aliphatic carbocycles. The zero-order valence-corrected chi connectivity index (χ0v) is 18.0. The highest BCUT2D eigenvalue weighted by Crippen LogP contribution is 2.21. The second kappa shape index (κ2) is 7.86. The largest absolute Gasteiger partial charge is 0.336 e. The Morgan fingerprint density at radius 3 is 2.67 bits per heavy atom. The molecule has 3 aromatic rings. The van der Waals surface area contributed by atoms with Crippen LogP contribution in [0.15, 0.2) is 34.9 Å². The van der Waals surface area contributed by atoms with Crippen molar-refractivity contribution >= 4 is 33.4 Å². The van der Waals surface area contributed by atoms with E-state index in [0.717, 1.165) is 27.1 Å². The van der Waals surface area contributed by atoms with E-state index in [1.54, 1.807) is 22.8 Å². The van der Waals surface area contributed by atoms with Crippen LogP contribution in [0.5, 0.6) is 0 Å². The van der Waals surface area contributed by atoms with E-state index in [2.05, 4.69) is 26.1 Å². The zero-order chi connectivity index (χ0) is 19.7. The predicted molar refractivity (Wildman–Crippen MR) is 109 cm³/mol. The molecule has 0 aliphatic heterocycles. The van der Waals surface area contributed by atoms with E-state index in [9.17, 15) is 4.79 Å². The van der Waals surface area contributed by atoms with Crippen molar-refractivity contribution in [1.82, 2.24) is 24.5 Å². The van der Waals surface area contributed by atoms with Gasteiger partial charge in [0.25, 0.3) is 5.91 Å². The van der Waals surface area contributed by atoms with Crippen molar-refractivity contribution in [2.24, 2.45) is 7.05 Å². The summed E-state index contributed by atoms with van der Waals surface area (Å²) in [6.45, 7) is 4.86. The summed E-state index contributed by atoms with van der Waals surface area (Å²) in [6.07, 6.45) is 1.73. The van der Waals surface area contributed by atoms with E-state index in [1.807, 2.05) is 49.8 Å². The Kier molecular flexibility index (Phi) is 5.72. The first kappa shape index (κ1) is 19.6. The number of nitrogens with zero attached hydrogens (tertiary/aromatic N) is 5. The molecule has 6 nitrogen and oxygen atoms in total. The Balaban J connectivity index is 1.78. The first-order valence-corrected chi connectivity index (χ1v) is 9.65. The number of carbonyl (C=O) groups is 1. The molecule has 0 fully saturated rings. The van der Waals surface area contributed by atoms with Crippen LogP contribution < -0.4 is 0 Å². The van der Waals surface area contributed by atoms with Crippen LogP contribution >= 0.6 is 27.5 Å².